The van der Waals surface area contributed by atoms with E-state index in [1.807, 2.05) is 30.3 Å². The molecule has 0 radical (unpaired) electrons. The minimum absolute atomic E-state index is 0.157. The summed E-state index contributed by atoms with van der Waals surface area (Å²) < 4.78 is 10.7. The number of urea groups is 1. The van der Waals surface area contributed by atoms with Crippen molar-refractivity contribution in [2.75, 3.05) is 50.0 Å². The lowest BCUT2D eigenvalue weighted by Crippen LogP contribution is -2.42. The molecule has 43 heavy (non-hydrogen) atoms. The first-order valence-corrected chi connectivity index (χ1v) is 15.3. The number of thiophene rings is 1. The van der Waals surface area contributed by atoms with Gasteiger partial charge in [0.1, 0.15) is 11.3 Å². The minimum atomic E-state index is -0.643. The van der Waals surface area contributed by atoms with E-state index in [2.05, 4.69) is 25.8 Å². The van der Waals surface area contributed by atoms with Crippen LogP contribution >= 0.6 is 11.3 Å². The van der Waals surface area contributed by atoms with Gasteiger partial charge in [-0.25, -0.2) is 9.59 Å². The number of hydrogen-bond donors (Lipinski definition) is 3. The molecule has 3 aromatic rings. The molecule has 230 valence electrons. The molecule has 0 spiro atoms. The van der Waals surface area contributed by atoms with Crippen molar-refractivity contribution in [2.24, 2.45) is 0 Å². The number of benzene rings is 1. The average Bonchev–Trinajstić information content (AvgIpc) is 3.41. The second-order valence-corrected chi connectivity index (χ2v) is 11.9. The molecule has 0 atom stereocenters. The SMILES string of the molecule is CC(C)(C)OC(=O)Nc1cscc1NC(=O)c1ccc(CN(CCCN2CCOCC2)C(=O)NCc2ccccc2)cn1. The molecule has 0 saturated carbocycles. The molecule has 1 fully saturated rings. The van der Waals surface area contributed by atoms with Crippen molar-refractivity contribution in [1.82, 2.24) is 20.1 Å². The zero-order valence-electron chi connectivity index (χ0n) is 24.9. The summed E-state index contributed by atoms with van der Waals surface area (Å²) in [4.78, 5) is 46.8. The van der Waals surface area contributed by atoms with Crippen molar-refractivity contribution < 1.29 is 23.9 Å². The molecule has 0 aliphatic carbocycles. The van der Waals surface area contributed by atoms with Gasteiger partial charge < -0.3 is 25.0 Å². The van der Waals surface area contributed by atoms with Crippen LogP contribution in [0.3, 0.4) is 0 Å². The van der Waals surface area contributed by atoms with Crippen molar-refractivity contribution in [1.29, 1.82) is 0 Å². The standard InChI is InChI=1S/C31H40N6O5S/c1-31(2,3)42-30(40)35-27-22-43-21-26(27)34-28(38)25-11-10-24(19-32-25)20-37(13-7-12-36-14-16-41-17-15-36)29(39)33-18-23-8-5-4-6-9-23/h4-6,8-11,19,21-22H,7,12-18,20H2,1-3H3,(H,33,39)(H,34,38)(H,35,40). The number of nitrogens with zero attached hydrogens (tertiary/aromatic N) is 3. The van der Waals surface area contributed by atoms with E-state index in [9.17, 15) is 14.4 Å². The van der Waals surface area contributed by atoms with Gasteiger partial charge in [-0.1, -0.05) is 36.4 Å². The lowest BCUT2D eigenvalue weighted by Gasteiger charge is -2.28. The smallest absolute Gasteiger partial charge is 0.412 e. The van der Waals surface area contributed by atoms with Crippen LogP contribution in [0.15, 0.2) is 59.4 Å². The van der Waals surface area contributed by atoms with Crippen LogP contribution in [0.1, 0.15) is 48.8 Å². The molecular formula is C31H40N6O5S. The number of pyridine rings is 1. The summed E-state index contributed by atoms with van der Waals surface area (Å²) in [6.45, 7) is 10.9. The molecule has 1 saturated heterocycles. The predicted molar refractivity (Wildman–Crippen MR) is 167 cm³/mol. The zero-order chi connectivity index (χ0) is 30.7. The number of amides is 4. The largest absolute Gasteiger partial charge is 0.444 e. The van der Waals surface area contributed by atoms with E-state index in [4.69, 9.17) is 9.47 Å². The fourth-order valence-corrected chi connectivity index (χ4v) is 5.12. The Balaban J connectivity index is 1.35. The molecule has 3 N–H and O–H groups in total. The Kier molecular flexibility index (Phi) is 11.5. The molecule has 1 aliphatic heterocycles. The summed E-state index contributed by atoms with van der Waals surface area (Å²) in [7, 11) is 0. The summed E-state index contributed by atoms with van der Waals surface area (Å²) in [6, 6.07) is 13.1. The molecule has 4 amide bonds. The molecule has 12 heteroatoms. The molecular weight excluding hydrogens is 568 g/mol. The highest BCUT2D eigenvalue weighted by atomic mass is 32.1. The normalized spacial score (nSPS) is 13.7. The van der Waals surface area contributed by atoms with Gasteiger partial charge in [-0.2, -0.15) is 0 Å². The highest BCUT2D eigenvalue weighted by Gasteiger charge is 2.20. The maximum absolute atomic E-state index is 13.2. The third kappa shape index (κ3) is 10.7. The highest BCUT2D eigenvalue weighted by Crippen LogP contribution is 2.27. The van der Waals surface area contributed by atoms with Crippen LogP contribution in [0.2, 0.25) is 0 Å². The maximum atomic E-state index is 13.2. The predicted octanol–water partition coefficient (Wildman–Crippen LogP) is 5.18. The first kappa shape index (κ1) is 31.9. The molecule has 2 aromatic heterocycles. The number of carbonyl (C=O) groups is 3. The zero-order valence-corrected chi connectivity index (χ0v) is 25.7. The van der Waals surface area contributed by atoms with Gasteiger partial charge in [-0.15, -0.1) is 11.3 Å². The fourth-order valence-electron chi connectivity index (χ4n) is 4.41. The van der Waals surface area contributed by atoms with Crippen molar-refractivity contribution >= 4 is 40.7 Å². The number of anilines is 2. The summed E-state index contributed by atoms with van der Waals surface area (Å²) in [5, 5.41) is 11.9. The number of aromatic nitrogens is 1. The monoisotopic (exact) mass is 608 g/mol. The van der Waals surface area contributed by atoms with Crippen LogP contribution < -0.4 is 16.0 Å². The lowest BCUT2D eigenvalue weighted by atomic mass is 10.2. The molecule has 11 nitrogen and oxygen atoms in total. The maximum Gasteiger partial charge on any atom is 0.412 e. The van der Waals surface area contributed by atoms with Gasteiger partial charge in [0.2, 0.25) is 0 Å². The van der Waals surface area contributed by atoms with Crippen molar-refractivity contribution in [2.45, 2.75) is 45.9 Å². The number of nitrogens with one attached hydrogen (secondary N) is 3. The summed E-state index contributed by atoms with van der Waals surface area (Å²) in [5.41, 5.74) is 2.30. The number of carbonyl (C=O) groups excluding carboxylic acids is 3. The Hall–Kier alpha value is -4.00. The van der Waals surface area contributed by atoms with Crippen LogP contribution in [0.4, 0.5) is 21.0 Å². The molecule has 4 rings (SSSR count). The second kappa shape index (κ2) is 15.5. The van der Waals surface area contributed by atoms with Gasteiger partial charge in [-0.3, -0.25) is 20.0 Å². The number of rotatable bonds is 11. The van der Waals surface area contributed by atoms with E-state index in [-0.39, 0.29) is 11.7 Å². The lowest BCUT2D eigenvalue weighted by molar-refractivity contribution is 0.0364. The van der Waals surface area contributed by atoms with Gasteiger partial charge in [0.15, 0.2) is 0 Å². The number of morpholine rings is 1. The summed E-state index contributed by atoms with van der Waals surface area (Å²) in [6.07, 6.45) is 1.83. The number of ether oxygens (including phenoxy) is 2. The second-order valence-electron chi connectivity index (χ2n) is 11.2. The third-order valence-electron chi connectivity index (χ3n) is 6.56. The average molecular weight is 609 g/mol. The van der Waals surface area contributed by atoms with Gasteiger partial charge in [0, 0.05) is 56.2 Å². The van der Waals surface area contributed by atoms with E-state index < -0.39 is 17.6 Å². The van der Waals surface area contributed by atoms with E-state index in [1.165, 1.54) is 11.3 Å². The van der Waals surface area contributed by atoms with E-state index in [0.717, 1.165) is 50.4 Å². The first-order valence-electron chi connectivity index (χ1n) is 14.4. The van der Waals surface area contributed by atoms with Gasteiger partial charge in [-0.05, 0) is 44.4 Å². The molecule has 0 unspecified atom stereocenters. The van der Waals surface area contributed by atoms with E-state index >= 15 is 0 Å². The quantitative estimate of drug-likeness (QED) is 0.274. The van der Waals surface area contributed by atoms with Crippen LogP contribution in [0, 0.1) is 0 Å². The molecule has 0 bridgehead atoms. The van der Waals surface area contributed by atoms with Crippen LogP contribution in [0.5, 0.6) is 0 Å². The molecule has 3 heterocycles. The third-order valence-corrected chi connectivity index (χ3v) is 7.30. The van der Waals surface area contributed by atoms with E-state index in [0.29, 0.717) is 31.0 Å². The Labute approximate surface area is 256 Å². The topological polar surface area (TPSA) is 125 Å². The van der Waals surface area contributed by atoms with Crippen molar-refractivity contribution in [3.8, 4) is 0 Å². The Bertz CT molecular complexity index is 1340. The van der Waals surface area contributed by atoms with Crippen LogP contribution in [-0.2, 0) is 22.6 Å². The van der Waals surface area contributed by atoms with Crippen molar-refractivity contribution in [3.63, 3.8) is 0 Å². The van der Waals surface area contributed by atoms with Crippen molar-refractivity contribution in [3.05, 3.63) is 76.2 Å². The van der Waals surface area contributed by atoms with E-state index in [1.54, 1.807) is 54.8 Å². The summed E-state index contributed by atoms with van der Waals surface area (Å²) >= 11 is 1.34. The van der Waals surface area contributed by atoms with Gasteiger partial charge in [0.25, 0.3) is 5.91 Å². The Morgan fingerprint density at radius 1 is 1.00 bits per heavy atom. The van der Waals surface area contributed by atoms with Crippen LogP contribution in [-0.4, -0.2) is 77.8 Å². The Morgan fingerprint density at radius 2 is 1.72 bits per heavy atom. The Morgan fingerprint density at radius 3 is 2.40 bits per heavy atom. The van der Waals surface area contributed by atoms with Crippen LogP contribution in [0.25, 0.3) is 0 Å². The van der Waals surface area contributed by atoms with Gasteiger partial charge in [0.05, 0.1) is 24.6 Å². The van der Waals surface area contributed by atoms with Gasteiger partial charge >= 0.3 is 12.1 Å². The fraction of sp³-hybridized carbons (Fsp3) is 0.419. The highest BCUT2D eigenvalue weighted by molar-refractivity contribution is 7.09. The molecule has 1 aliphatic rings. The number of hydrogen-bond acceptors (Lipinski definition) is 8. The summed E-state index contributed by atoms with van der Waals surface area (Å²) in [5.74, 6) is -0.417. The first-order chi connectivity index (χ1) is 20.7. The minimum Gasteiger partial charge on any atom is -0.444 e. The molecule has 1 aromatic carbocycles.